The summed E-state index contributed by atoms with van der Waals surface area (Å²) in [6.45, 7) is 6.59. The van der Waals surface area contributed by atoms with Gasteiger partial charge < -0.3 is 11.1 Å². The first kappa shape index (κ1) is 11.9. The Bertz CT molecular complexity index is 326. The maximum absolute atomic E-state index is 5.62. The van der Waals surface area contributed by atoms with Gasteiger partial charge >= 0.3 is 0 Å². The standard InChI is InChI=1S/C11H17N3S/c1-3-5-15-6-4-13-11-9(2)7-10(12)8-14-11/h3,7-8H,1,4-6,12H2,2H3,(H,13,14). The van der Waals surface area contributed by atoms with Gasteiger partial charge in [0.15, 0.2) is 0 Å². The smallest absolute Gasteiger partial charge is 0.129 e. The van der Waals surface area contributed by atoms with Gasteiger partial charge in [-0.3, -0.25) is 0 Å². The number of pyridine rings is 1. The zero-order valence-electron chi connectivity index (χ0n) is 8.99. The number of rotatable bonds is 6. The largest absolute Gasteiger partial charge is 0.397 e. The Morgan fingerprint density at radius 2 is 2.47 bits per heavy atom. The normalized spacial score (nSPS) is 9.93. The highest BCUT2D eigenvalue weighted by Gasteiger charge is 1.98. The summed E-state index contributed by atoms with van der Waals surface area (Å²) in [5.74, 6) is 2.97. The molecular weight excluding hydrogens is 206 g/mol. The molecule has 0 bridgehead atoms. The van der Waals surface area contributed by atoms with Crippen LogP contribution >= 0.6 is 11.8 Å². The minimum absolute atomic E-state index is 0.707. The molecule has 0 aliphatic heterocycles. The first-order valence-corrected chi connectivity index (χ1v) is 6.04. The third-order valence-electron chi connectivity index (χ3n) is 1.87. The van der Waals surface area contributed by atoms with E-state index in [4.69, 9.17) is 5.73 Å². The summed E-state index contributed by atoms with van der Waals surface area (Å²) in [4.78, 5) is 4.23. The topological polar surface area (TPSA) is 50.9 Å². The lowest BCUT2D eigenvalue weighted by Crippen LogP contribution is -2.07. The molecule has 4 heteroatoms. The maximum Gasteiger partial charge on any atom is 0.129 e. The number of hydrogen-bond acceptors (Lipinski definition) is 4. The number of nitrogens with two attached hydrogens (primary N) is 1. The van der Waals surface area contributed by atoms with E-state index in [1.807, 2.05) is 30.8 Å². The Kier molecular flexibility index (Phi) is 5.04. The molecule has 1 aromatic rings. The molecule has 0 amide bonds. The minimum Gasteiger partial charge on any atom is -0.397 e. The van der Waals surface area contributed by atoms with Crippen molar-refractivity contribution in [1.29, 1.82) is 0 Å². The Balaban J connectivity index is 2.34. The van der Waals surface area contributed by atoms with E-state index in [1.165, 1.54) is 0 Å². The van der Waals surface area contributed by atoms with Crippen LogP contribution < -0.4 is 11.1 Å². The molecule has 0 aliphatic rings. The molecule has 82 valence electrons. The van der Waals surface area contributed by atoms with E-state index in [0.29, 0.717) is 5.69 Å². The van der Waals surface area contributed by atoms with Crippen LogP contribution in [-0.4, -0.2) is 23.0 Å². The number of aromatic nitrogens is 1. The van der Waals surface area contributed by atoms with Crippen molar-refractivity contribution in [3.05, 3.63) is 30.5 Å². The fraction of sp³-hybridized carbons (Fsp3) is 0.364. The first-order chi connectivity index (χ1) is 7.24. The molecule has 1 aromatic heterocycles. The molecule has 0 spiro atoms. The monoisotopic (exact) mass is 223 g/mol. The van der Waals surface area contributed by atoms with E-state index in [1.54, 1.807) is 6.20 Å². The molecule has 0 unspecified atom stereocenters. The molecule has 0 saturated carbocycles. The second-order valence-electron chi connectivity index (χ2n) is 3.22. The molecule has 1 rings (SSSR count). The molecule has 0 fully saturated rings. The predicted molar refractivity (Wildman–Crippen MR) is 69.4 cm³/mol. The average Bonchev–Trinajstić information content (AvgIpc) is 2.20. The van der Waals surface area contributed by atoms with Crippen LogP contribution in [0.3, 0.4) is 0 Å². The molecule has 0 saturated heterocycles. The van der Waals surface area contributed by atoms with E-state index >= 15 is 0 Å². The number of nitrogen functional groups attached to an aromatic ring is 1. The average molecular weight is 223 g/mol. The second kappa shape index (κ2) is 6.35. The van der Waals surface area contributed by atoms with Crippen molar-refractivity contribution in [2.45, 2.75) is 6.92 Å². The number of aryl methyl sites for hydroxylation is 1. The highest BCUT2D eigenvalue weighted by Crippen LogP contribution is 2.13. The zero-order chi connectivity index (χ0) is 11.1. The third-order valence-corrected chi connectivity index (χ3v) is 2.84. The zero-order valence-corrected chi connectivity index (χ0v) is 9.81. The number of hydrogen-bond donors (Lipinski definition) is 2. The molecule has 1 heterocycles. The summed E-state index contributed by atoms with van der Waals surface area (Å²) in [6, 6.07) is 1.92. The molecule has 0 radical (unpaired) electrons. The van der Waals surface area contributed by atoms with Crippen LogP contribution in [0.15, 0.2) is 24.9 Å². The van der Waals surface area contributed by atoms with E-state index in [0.717, 1.165) is 29.4 Å². The molecular formula is C11H17N3S. The predicted octanol–water partition coefficient (Wildman–Crippen LogP) is 2.30. The summed E-state index contributed by atoms with van der Waals surface area (Å²) in [6.07, 6.45) is 3.59. The number of anilines is 2. The van der Waals surface area contributed by atoms with Gasteiger partial charge in [0.2, 0.25) is 0 Å². The Hall–Kier alpha value is -1.16. The molecule has 15 heavy (non-hydrogen) atoms. The van der Waals surface area contributed by atoms with Gasteiger partial charge in [-0.25, -0.2) is 4.98 Å². The van der Waals surface area contributed by atoms with Gasteiger partial charge in [0.25, 0.3) is 0 Å². The van der Waals surface area contributed by atoms with Crippen LogP contribution in [0, 0.1) is 6.92 Å². The fourth-order valence-corrected chi connectivity index (χ4v) is 1.77. The second-order valence-corrected chi connectivity index (χ2v) is 4.37. The summed E-state index contributed by atoms with van der Waals surface area (Å²) < 4.78 is 0. The Labute approximate surface area is 95.2 Å². The van der Waals surface area contributed by atoms with Crippen molar-refractivity contribution < 1.29 is 0 Å². The molecule has 3 nitrogen and oxygen atoms in total. The maximum atomic E-state index is 5.62. The van der Waals surface area contributed by atoms with Crippen molar-refractivity contribution in [3.63, 3.8) is 0 Å². The van der Waals surface area contributed by atoms with E-state index in [2.05, 4.69) is 16.9 Å². The lowest BCUT2D eigenvalue weighted by molar-refractivity contribution is 1.15. The fourth-order valence-electron chi connectivity index (χ4n) is 1.19. The lowest BCUT2D eigenvalue weighted by Gasteiger charge is -2.08. The summed E-state index contributed by atoms with van der Waals surface area (Å²) in [7, 11) is 0. The van der Waals surface area contributed by atoms with Gasteiger partial charge in [-0.15, -0.1) is 6.58 Å². The number of nitrogens with one attached hydrogen (secondary N) is 1. The van der Waals surface area contributed by atoms with Crippen LogP contribution in [-0.2, 0) is 0 Å². The quantitative estimate of drug-likeness (QED) is 0.574. The van der Waals surface area contributed by atoms with Crippen molar-refractivity contribution in [1.82, 2.24) is 4.98 Å². The van der Waals surface area contributed by atoms with Crippen molar-refractivity contribution in [2.24, 2.45) is 0 Å². The third kappa shape index (κ3) is 4.25. The number of thioether (sulfide) groups is 1. The van der Waals surface area contributed by atoms with E-state index in [-0.39, 0.29) is 0 Å². The highest BCUT2D eigenvalue weighted by molar-refractivity contribution is 7.99. The highest BCUT2D eigenvalue weighted by atomic mass is 32.2. The van der Waals surface area contributed by atoms with Gasteiger partial charge in [0, 0.05) is 18.1 Å². The van der Waals surface area contributed by atoms with Gasteiger partial charge in [0.1, 0.15) is 5.82 Å². The van der Waals surface area contributed by atoms with Gasteiger partial charge in [-0.05, 0) is 18.6 Å². The molecule has 0 atom stereocenters. The SMILES string of the molecule is C=CCSCCNc1ncc(N)cc1C. The van der Waals surface area contributed by atoms with Crippen LogP contribution in [0.2, 0.25) is 0 Å². The summed E-state index contributed by atoms with van der Waals surface area (Å²) >= 11 is 1.85. The first-order valence-electron chi connectivity index (χ1n) is 4.88. The number of nitrogens with zero attached hydrogens (tertiary/aromatic N) is 1. The minimum atomic E-state index is 0.707. The molecule has 3 N–H and O–H groups in total. The van der Waals surface area contributed by atoms with E-state index in [9.17, 15) is 0 Å². The van der Waals surface area contributed by atoms with Crippen molar-refractivity contribution >= 4 is 23.3 Å². The summed E-state index contributed by atoms with van der Waals surface area (Å²) in [5, 5.41) is 3.28. The van der Waals surface area contributed by atoms with Crippen LogP contribution in [0.25, 0.3) is 0 Å². The van der Waals surface area contributed by atoms with Crippen molar-refractivity contribution in [2.75, 3.05) is 29.1 Å². The lowest BCUT2D eigenvalue weighted by atomic mass is 10.2. The molecule has 0 aliphatic carbocycles. The van der Waals surface area contributed by atoms with Crippen LogP contribution in [0.4, 0.5) is 11.5 Å². The van der Waals surface area contributed by atoms with Gasteiger partial charge in [0.05, 0.1) is 11.9 Å². The van der Waals surface area contributed by atoms with Crippen molar-refractivity contribution in [3.8, 4) is 0 Å². The van der Waals surface area contributed by atoms with Gasteiger partial charge in [-0.2, -0.15) is 11.8 Å². The Morgan fingerprint density at radius 1 is 1.67 bits per heavy atom. The van der Waals surface area contributed by atoms with Crippen LogP contribution in [0.1, 0.15) is 5.56 Å². The molecule has 0 aromatic carbocycles. The van der Waals surface area contributed by atoms with Gasteiger partial charge in [-0.1, -0.05) is 6.08 Å². The van der Waals surface area contributed by atoms with E-state index < -0.39 is 0 Å². The Morgan fingerprint density at radius 3 is 3.13 bits per heavy atom. The summed E-state index contributed by atoms with van der Waals surface area (Å²) in [5.41, 5.74) is 7.41. The van der Waals surface area contributed by atoms with Crippen LogP contribution in [0.5, 0.6) is 0 Å².